The number of halogens is 1. The number of aryl methyl sites for hydroxylation is 1. The minimum atomic E-state index is -0.915. The molecular weight excluding hydrogens is 273 g/mol. The van der Waals surface area contributed by atoms with E-state index < -0.39 is 11.6 Å². The van der Waals surface area contributed by atoms with Crippen LogP contribution in [0.5, 0.6) is 0 Å². The number of rotatable bonds is 2. The van der Waals surface area contributed by atoms with Gasteiger partial charge < -0.3 is 10.6 Å². The van der Waals surface area contributed by atoms with Gasteiger partial charge in [-0.25, -0.2) is 4.39 Å². The predicted molar refractivity (Wildman–Crippen MR) is 78.3 cm³/mol. The summed E-state index contributed by atoms with van der Waals surface area (Å²) >= 11 is 0. The van der Waals surface area contributed by atoms with E-state index >= 15 is 0 Å². The standard InChI is InChI=1S/C15H20FN3O2/c1-8-5-12(10(9(2)17)6-11(8)16)19-7-13(20)18-14(21)15(19,3)4/h5-6,9H,7,17H2,1-4H3,(H,18,20,21)/t9-/m0/s1. The molecule has 1 aliphatic heterocycles. The largest absolute Gasteiger partial charge is 0.348 e. The molecule has 0 saturated carbocycles. The van der Waals surface area contributed by atoms with Gasteiger partial charge in [-0.05, 0) is 51.0 Å². The summed E-state index contributed by atoms with van der Waals surface area (Å²) in [6.07, 6.45) is 0. The number of benzene rings is 1. The molecule has 1 aromatic rings. The van der Waals surface area contributed by atoms with Gasteiger partial charge in [-0.1, -0.05) is 0 Å². The number of nitrogens with one attached hydrogen (secondary N) is 1. The number of imide groups is 1. The summed E-state index contributed by atoms with van der Waals surface area (Å²) in [5.74, 6) is -1.11. The Morgan fingerprint density at radius 2 is 2.00 bits per heavy atom. The summed E-state index contributed by atoms with van der Waals surface area (Å²) in [6, 6.07) is 2.61. The van der Waals surface area contributed by atoms with Crippen LogP contribution in [0.25, 0.3) is 0 Å². The van der Waals surface area contributed by atoms with Crippen LogP contribution in [0.3, 0.4) is 0 Å². The summed E-state index contributed by atoms with van der Waals surface area (Å²) < 4.78 is 13.8. The van der Waals surface area contributed by atoms with Crippen molar-refractivity contribution < 1.29 is 14.0 Å². The molecule has 6 heteroatoms. The molecule has 114 valence electrons. The Hall–Kier alpha value is -1.95. The fourth-order valence-electron chi connectivity index (χ4n) is 2.45. The minimum absolute atomic E-state index is 0.0313. The molecule has 3 N–H and O–H groups in total. The second kappa shape index (κ2) is 5.11. The number of hydrogen-bond acceptors (Lipinski definition) is 4. The van der Waals surface area contributed by atoms with Crippen molar-refractivity contribution in [3.8, 4) is 0 Å². The molecule has 0 spiro atoms. The highest BCUT2D eigenvalue weighted by atomic mass is 19.1. The fraction of sp³-hybridized carbons (Fsp3) is 0.467. The van der Waals surface area contributed by atoms with Crippen LogP contribution in [0.2, 0.25) is 0 Å². The molecule has 0 bridgehead atoms. The molecule has 1 heterocycles. The van der Waals surface area contributed by atoms with Crippen LogP contribution in [0, 0.1) is 12.7 Å². The number of hydrogen-bond donors (Lipinski definition) is 2. The lowest BCUT2D eigenvalue weighted by Gasteiger charge is -2.43. The summed E-state index contributed by atoms with van der Waals surface area (Å²) in [5.41, 5.74) is 6.65. The van der Waals surface area contributed by atoms with Crippen molar-refractivity contribution in [2.24, 2.45) is 5.73 Å². The third-order valence-corrected chi connectivity index (χ3v) is 3.87. The normalized spacial score (nSPS) is 19.4. The molecule has 0 aliphatic carbocycles. The van der Waals surface area contributed by atoms with Gasteiger partial charge in [-0.15, -0.1) is 0 Å². The SMILES string of the molecule is Cc1cc(N2CC(=O)NC(=O)C2(C)C)c([C@H](C)N)cc1F. The first-order valence-electron chi connectivity index (χ1n) is 6.82. The maximum atomic E-state index is 13.8. The Labute approximate surface area is 123 Å². The van der Waals surface area contributed by atoms with E-state index in [1.807, 2.05) is 0 Å². The number of carbonyl (C=O) groups is 2. The summed E-state index contributed by atoms with van der Waals surface area (Å²) in [5, 5.41) is 2.32. The van der Waals surface area contributed by atoms with E-state index in [2.05, 4.69) is 5.32 Å². The van der Waals surface area contributed by atoms with Gasteiger partial charge in [-0.2, -0.15) is 0 Å². The van der Waals surface area contributed by atoms with Crippen LogP contribution in [0.4, 0.5) is 10.1 Å². The Balaban J connectivity index is 2.61. The average molecular weight is 293 g/mol. The molecule has 2 rings (SSSR count). The quantitative estimate of drug-likeness (QED) is 0.808. The molecule has 1 aromatic carbocycles. The number of amides is 2. The lowest BCUT2D eigenvalue weighted by molar-refractivity contribution is -0.135. The highest BCUT2D eigenvalue weighted by molar-refractivity contribution is 6.06. The Morgan fingerprint density at radius 3 is 2.57 bits per heavy atom. The molecule has 1 saturated heterocycles. The molecule has 0 unspecified atom stereocenters. The number of nitrogens with zero attached hydrogens (tertiary/aromatic N) is 1. The molecular formula is C15H20FN3O2. The van der Waals surface area contributed by atoms with Crippen LogP contribution in [0.1, 0.15) is 37.9 Å². The third kappa shape index (κ3) is 2.63. The zero-order chi connectivity index (χ0) is 15.9. The molecule has 5 nitrogen and oxygen atoms in total. The van der Waals surface area contributed by atoms with E-state index in [-0.39, 0.29) is 24.2 Å². The van der Waals surface area contributed by atoms with E-state index in [1.165, 1.54) is 6.07 Å². The number of piperazine rings is 1. The third-order valence-electron chi connectivity index (χ3n) is 3.87. The average Bonchev–Trinajstić information content (AvgIpc) is 2.37. The van der Waals surface area contributed by atoms with Crippen LogP contribution < -0.4 is 16.0 Å². The summed E-state index contributed by atoms with van der Waals surface area (Å²) in [4.78, 5) is 25.4. The summed E-state index contributed by atoms with van der Waals surface area (Å²) in [7, 11) is 0. The van der Waals surface area contributed by atoms with Crippen LogP contribution in [0.15, 0.2) is 12.1 Å². The highest BCUT2D eigenvalue weighted by Gasteiger charge is 2.42. The van der Waals surface area contributed by atoms with E-state index in [0.29, 0.717) is 16.8 Å². The number of anilines is 1. The minimum Gasteiger partial charge on any atom is -0.348 e. The first kappa shape index (κ1) is 15.4. The first-order valence-corrected chi connectivity index (χ1v) is 6.82. The van der Waals surface area contributed by atoms with Gasteiger partial charge in [0.05, 0.1) is 6.54 Å². The van der Waals surface area contributed by atoms with Gasteiger partial charge in [0.2, 0.25) is 5.91 Å². The van der Waals surface area contributed by atoms with E-state index in [9.17, 15) is 14.0 Å². The maximum Gasteiger partial charge on any atom is 0.251 e. The van der Waals surface area contributed by atoms with Gasteiger partial charge in [0.15, 0.2) is 0 Å². The lowest BCUT2D eigenvalue weighted by Crippen LogP contribution is -2.64. The van der Waals surface area contributed by atoms with Crippen molar-refractivity contribution in [2.75, 3.05) is 11.4 Å². The van der Waals surface area contributed by atoms with Gasteiger partial charge in [0.1, 0.15) is 11.4 Å². The molecule has 2 amide bonds. The van der Waals surface area contributed by atoms with Crippen molar-refractivity contribution in [1.29, 1.82) is 0 Å². The van der Waals surface area contributed by atoms with E-state index in [4.69, 9.17) is 5.73 Å². The second-order valence-corrected chi connectivity index (χ2v) is 5.97. The lowest BCUT2D eigenvalue weighted by atomic mass is 9.94. The summed E-state index contributed by atoms with van der Waals surface area (Å²) in [6.45, 7) is 6.86. The Morgan fingerprint density at radius 1 is 1.38 bits per heavy atom. The Kier molecular flexibility index (Phi) is 3.76. The predicted octanol–water partition coefficient (Wildman–Crippen LogP) is 1.40. The molecule has 21 heavy (non-hydrogen) atoms. The van der Waals surface area contributed by atoms with E-state index in [0.717, 1.165) is 0 Å². The van der Waals surface area contributed by atoms with Crippen LogP contribution >= 0.6 is 0 Å². The van der Waals surface area contributed by atoms with Crippen molar-refractivity contribution in [1.82, 2.24) is 5.32 Å². The monoisotopic (exact) mass is 293 g/mol. The van der Waals surface area contributed by atoms with Crippen LogP contribution in [-0.4, -0.2) is 23.9 Å². The number of nitrogens with two attached hydrogens (primary N) is 1. The zero-order valence-corrected chi connectivity index (χ0v) is 12.7. The second-order valence-electron chi connectivity index (χ2n) is 5.97. The van der Waals surface area contributed by atoms with Gasteiger partial charge in [0.25, 0.3) is 5.91 Å². The maximum absolute atomic E-state index is 13.8. The van der Waals surface area contributed by atoms with Gasteiger partial charge in [0, 0.05) is 11.7 Å². The fourth-order valence-corrected chi connectivity index (χ4v) is 2.45. The van der Waals surface area contributed by atoms with E-state index in [1.54, 1.807) is 38.7 Å². The number of carbonyl (C=O) groups excluding carboxylic acids is 2. The van der Waals surface area contributed by atoms with Gasteiger partial charge >= 0.3 is 0 Å². The van der Waals surface area contributed by atoms with Crippen molar-refractivity contribution >= 4 is 17.5 Å². The van der Waals surface area contributed by atoms with Gasteiger partial charge in [-0.3, -0.25) is 14.9 Å². The van der Waals surface area contributed by atoms with Crippen molar-refractivity contribution in [3.05, 3.63) is 29.1 Å². The Bertz CT molecular complexity index is 611. The molecule has 1 aliphatic rings. The van der Waals surface area contributed by atoms with Crippen LogP contribution in [-0.2, 0) is 9.59 Å². The highest BCUT2D eigenvalue weighted by Crippen LogP contribution is 2.34. The molecule has 1 fully saturated rings. The topological polar surface area (TPSA) is 75.4 Å². The smallest absolute Gasteiger partial charge is 0.251 e. The molecule has 1 atom stereocenters. The van der Waals surface area contributed by atoms with Crippen molar-refractivity contribution in [3.63, 3.8) is 0 Å². The molecule has 0 radical (unpaired) electrons. The first-order chi connectivity index (χ1) is 9.64. The molecule has 0 aromatic heterocycles. The zero-order valence-electron chi connectivity index (χ0n) is 12.7. The van der Waals surface area contributed by atoms with Crippen molar-refractivity contribution in [2.45, 2.75) is 39.3 Å².